The molecule has 0 unspecified atom stereocenters. The molecule has 26 heavy (non-hydrogen) atoms. The molecule has 5 heteroatoms. The number of likely N-dealkylation sites (N-methyl/N-ethyl adjacent to an activating group) is 1. The van der Waals surface area contributed by atoms with Crippen molar-refractivity contribution in [3.63, 3.8) is 0 Å². The Bertz CT molecular complexity index is 762. The summed E-state index contributed by atoms with van der Waals surface area (Å²) in [4.78, 5) is 20.6. The molecule has 1 saturated heterocycles. The maximum atomic E-state index is 13.9. The molecule has 0 saturated carbocycles. The van der Waals surface area contributed by atoms with Crippen LogP contribution < -0.4 is 0 Å². The lowest BCUT2D eigenvalue weighted by molar-refractivity contribution is -0.130. The Morgan fingerprint density at radius 2 is 2.04 bits per heavy atom. The van der Waals surface area contributed by atoms with Gasteiger partial charge in [-0.2, -0.15) is 0 Å². The maximum absolute atomic E-state index is 13.9. The van der Waals surface area contributed by atoms with Crippen LogP contribution in [0.5, 0.6) is 0 Å². The Kier molecular flexibility index (Phi) is 5.99. The van der Waals surface area contributed by atoms with E-state index in [0.29, 0.717) is 24.4 Å². The van der Waals surface area contributed by atoms with Crippen molar-refractivity contribution >= 4 is 5.91 Å². The van der Waals surface area contributed by atoms with Gasteiger partial charge in [0.15, 0.2) is 0 Å². The zero-order valence-corrected chi connectivity index (χ0v) is 15.5. The van der Waals surface area contributed by atoms with Gasteiger partial charge in [0.05, 0.1) is 6.54 Å². The average Bonchev–Trinajstić information content (AvgIpc) is 2.64. The molecular weight excluding hydrogens is 329 g/mol. The third-order valence-electron chi connectivity index (χ3n) is 4.94. The average molecular weight is 355 g/mol. The van der Waals surface area contributed by atoms with Gasteiger partial charge in [0.1, 0.15) is 5.82 Å². The number of rotatable bonds is 5. The largest absolute Gasteiger partial charge is 0.348 e. The predicted molar refractivity (Wildman–Crippen MR) is 101 cm³/mol. The maximum Gasteiger partial charge on any atom is 0.236 e. The summed E-state index contributed by atoms with van der Waals surface area (Å²) in [5.41, 5.74) is 2.59. The summed E-state index contributed by atoms with van der Waals surface area (Å²) in [6.45, 7) is 2.25. The number of aromatic nitrogens is 1. The molecule has 1 fully saturated rings. The second-order valence-electron chi connectivity index (χ2n) is 7.18. The first-order valence-corrected chi connectivity index (χ1v) is 9.14. The molecule has 1 aliphatic heterocycles. The van der Waals surface area contributed by atoms with E-state index in [-0.39, 0.29) is 11.7 Å². The topological polar surface area (TPSA) is 36.4 Å². The summed E-state index contributed by atoms with van der Waals surface area (Å²) < 4.78 is 13.9. The SMILES string of the molecule is CN(C)C(=O)CN1CCC[C@@H](c2cccc(Cc3ccccc3F)n2)C1. The lowest BCUT2D eigenvalue weighted by atomic mass is 9.94. The van der Waals surface area contributed by atoms with E-state index in [1.807, 2.05) is 24.3 Å². The van der Waals surface area contributed by atoms with Gasteiger partial charge >= 0.3 is 0 Å². The number of pyridine rings is 1. The van der Waals surface area contributed by atoms with Crippen molar-refractivity contribution in [2.75, 3.05) is 33.7 Å². The van der Waals surface area contributed by atoms with E-state index in [1.54, 1.807) is 31.1 Å². The molecule has 1 amide bonds. The third kappa shape index (κ3) is 4.67. The smallest absolute Gasteiger partial charge is 0.236 e. The molecule has 2 aromatic rings. The lowest BCUT2D eigenvalue weighted by Gasteiger charge is -2.32. The number of halogens is 1. The number of hydrogen-bond acceptors (Lipinski definition) is 3. The van der Waals surface area contributed by atoms with Crippen molar-refractivity contribution in [3.8, 4) is 0 Å². The van der Waals surface area contributed by atoms with Crippen LogP contribution >= 0.6 is 0 Å². The highest BCUT2D eigenvalue weighted by Gasteiger charge is 2.24. The Morgan fingerprint density at radius 1 is 1.23 bits per heavy atom. The number of nitrogens with zero attached hydrogens (tertiary/aromatic N) is 3. The minimum absolute atomic E-state index is 0.131. The fourth-order valence-electron chi connectivity index (χ4n) is 3.43. The van der Waals surface area contributed by atoms with Crippen LogP contribution in [-0.4, -0.2) is 54.4 Å². The monoisotopic (exact) mass is 355 g/mol. The zero-order valence-electron chi connectivity index (χ0n) is 15.5. The van der Waals surface area contributed by atoms with Gasteiger partial charge < -0.3 is 4.90 Å². The van der Waals surface area contributed by atoms with Gasteiger partial charge in [0.2, 0.25) is 5.91 Å². The van der Waals surface area contributed by atoms with Crippen LogP contribution in [0.4, 0.5) is 4.39 Å². The van der Waals surface area contributed by atoms with E-state index >= 15 is 0 Å². The van der Waals surface area contributed by atoms with Gasteiger partial charge in [-0.3, -0.25) is 14.7 Å². The lowest BCUT2D eigenvalue weighted by Crippen LogP contribution is -2.41. The first kappa shape index (κ1) is 18.5. The minimum Gasteiger partial charge on any atom is -0.348 e. The van der Waals surface area contributed by atoms with E-state index < -0.39 is 0 Å². The number of carbonyl (C=O) groups is 1. The molecule has 1 aromatic carbocycles. The van der Waals surface area contributed by atoms with Gasteiger partial charge in [-0.1, -0.05) is 24.3 Å². The Morgan fingerprint density at radius 3 is 2.81 bits per heavy atom. The van der Waals surface area contributed by atoms with Crippen molar-refractivity contribution in [3.05, 3.63) is 65.2 Å². The molecule has 1 aliphatic rings. The van der Waals surface area contributed by atoms with Crippen LogP contribution in [0.3, 0.4) is 0 Å². The first-order valence-electron chi connectivity index (χ1n) is 9.14. The number of carbonyl (C=O) groups excluding carboxylic acids is 1. The summed E-state index contributed by atoms with van der Waals surface area (Å²) in [6, 6.07) is 12.8. The van der Waals surface area contributed by atoms with E-state index in [2.05, 4.69) is 4.90 Å². The van der Waals surface area contributed by atoms with Gasteiger partial charge in [-0.25, -0.2) is 4.39 Å². The first-order chi connectivity index (χ1) is 12.5. The Hall–Kier alpha value is -2.27. The van der Waals surface area contributed by atoms with Crippen LogP contribution in [0, 0.1) is 5.82 Å². The molecule has 0 N–H and O–H groups in total. The number of amides is 1. The zero-order chi connectivity index (χ0) is 18.5. The van der Waals surface area contributed by atoms with Crippen molar-refractivity contribution in [2.24, 2.45) is 0 Å². The van der Waals surface area contributed by atoms with Gasteiger partial charge in [0.25, 0.3) is 0 Å². The highest BCUT2D eigenvalue weighted by atomic mass is 19.1. The van der Waals surface area contributed by atoms with E-state index in [9.17, 15) is 9.18 Å². The van der Waals surface area contributed by atoms with Crippen LogP contribution in [0.25, 0.3) is 0 Å². The second-order valence-corrected chi connectivity index (χ2v) is 7.18. The molecule has 4 nitrogen and oxygen atoms in total. The Labute approximate surface area is 154 Å². The van der Waals surface area contributed by atoms with Gasteiger partial charge in [-0.05, 0) is 43.1 Å². The number of benzene rings is 1. The molecule has 0 spiro atoms. The molecule has 0 bridgehead atoms. The van der Waals surface area contributed by atoms with Crippen LogP contribution in [0.1, 0.15) is 35.7 Å². The standard InChI is InChI=1S/C21H26FN3O/c1-24(2)21(26)15-25-12-6-8-17(14-25)20-11-5-9-18(23-20)13-16-7-3-4-10-19(16)22/h3-5,7,9-11,17H,6,8,12-15H2,1-2H3/t17-/m1/s1. The summed E-state index contributed by atoms with van der Waals surface area (Å²) in [7, 11) is 3.58. The number of piperidine rings is 1. The molecule has 0 aliphatic carbocycles. The molecule has 1 aromatic heterocycles. The van der Waals surface area contributed by atoms with E-state index in [4.69, 9.17) is 4.98 Å². The summed E-state index contributed by atoms with van der Waals surface area (Å²) in [6.07, 6.45) is 2.63. The van der Waals surface area contributed by atoms with E-state index in [1.165, 1.54) is 6.07 Å². The van der Waals surface area contributed by atoms with Gasteiger partial charge in [-0.15, -0.1) is 0 Å². The molecule has 3 rings (SSSR count). The highest BCUT2D eigenvalue weighted by Crippen LogP contribution is 2.26. The molecule has 0 radical (unpaired) electrons. The summed E-state index contributed by atoms with van der Waals surface area (Å²) in [5.74, 6) is 0.261. The molecule has 1 atom stereocenters. The highest BCUT2D eigenvalue weighted by molar-refractivity contribution is 5.77. The summed E-state index contributed by atoms with van der Waals surface area (Å²) in [5, 5.41) is 0. The number of hydrogen-bond donors (Lipinski definition) is 0. The van der Waals surface area contributed by atoms with Crippen molar-refractivity contribution < 1.29 is 9.18 Å². The molecule has 2 heterocycles. The third-order valence-corrected chi connectivity index (χ3v) is 4.94. The normalized spacial score (nSPS) is 17.9. The quantitative estimate of drug-likeness (QED) is 0.827. The van der Waals surface area contributed by atoms with E-state index in [0.717, 1.165) is 37.3 Å². The summed E-state index contributed by atoms with van der Waals surface area (Å²) >= 11 is 0. The van der Waals surface area contributed by atoms with Crippen molar-refractivity contribution in [1.29, 1.82) is 0 Å². The second kappa shape index (κ2) is 8.41. The van der Waals surface area contributed by atoms with Crippen molar-refractivity contribution in [2.45, 2.75) is 25.2 Å². The molecule has 138 valence electrons. The fraction of sp³-hybridized carbons (Fsp3) is 0.429. The van der Waals surface area contributed by atoms with Crippen molar-refractivity contribution in [1.82, 2.24) is 14.8 Å². The van der Waals surface area contributed by atoms with Crippen LogP contribution in [0.2, 0.25) is 0 Å². The van der Waals surface area contributed by atoms with Crippen LogP contribution in [-0.2, 0) is 11.2 Å². The number of likely N-dealkylation sites (tertiary alicyclic amines) is 1. The molecular formula is C21H26FN3O. The predicted octanol–water partition coefficient (Wildman–Crippen LogP) is 3.08. The Balaban J connectivity index is 1.69. The minimum atomic E-state index is -0.189. The van der Waals surface area contributed by atoms with Gasteiger partial charge in [0, 0.05) is 44.4 Å². The fourth-order valence-corrected chi connectivity index (χ4v) is 3.43. The van der Waals surface area contributed by atoms with Crippen LogP contribution in [0.15, 0.2) is 42.5 Å².